The molecule has 0 bridgehead atoms. The molecule has 4 N–H and O–H groups in total. The molecule has 6 nitrogen and oxygen atoms in total. The Morgan fingerprint density at radius 1 is 1.14 bits per heavy atom. The molecule has 1 atom stereocenters. The summed E-state index contributed by atoms with van der Waals surface area (Å²) in [6.07, 6.45) is 0.548. The van der Waals surface area contributed by atoms with Crippen molar-refractivity contribution in [1.82, 2.24) is 10.6 Å². The molecular formula is C19H20BrF2N3O3. The first-order chi connectivity index (χ1) is 13.3. The van der Waals surface area contributed by atoms with Crippen molar-refractivity contribution in [3.8, 4) is 5.75 Å². The maximum absolute atomic E-state index is 12.2. The highest BCUT2D eigenvalue weighted by Crippen LogP contribution is 2.21. The van der Waals surface area contributed by atoms with Crippen molar-refractivity contribution >= 4 is 27.9 Å². The first-order valence-corrected chi connectivity index (χ1v) is 9.24. The van der Waals surface area contributed by atoms with Crippen molar-refractivity contribution in [2.75, 3.05) is 6.54 Å². The molecule has 0 aromatic heterocycles. The number of nitrogens with one attached hydrogen (secondary N) is 2. The van der Waals surface area contributed by atoms with Gasteiger partial charge in [0, 0.05) is 11.0 Å². The van der Waals surface area contributed by atoms with E-state index in [0.29, 0.717) is 13.0 Å². The van der Waals surface area contributed by atoms with Crippen LogP contribution in [0.15, 0.2) is 53.0 Å². The zero-order valence-corrected chi connectivity index (χ0v) is 16.4. The number of rotatable bonds is 9. The van der Waals surface area contributed by atoms with Crippen LogP contribution >= 0.6 is 15.9 Å². The van der Waals surface area contributed by atoms with Gasteiger partial charge < -0.3 is 21.1 Å². The van der Waals surface area contributed by atoms with Crippen molar-refractivity contribution < 1.29 is 23.1 Å². The maximum atomic E-state index is 12.2. The molecule has 0 spiro atoms. The van der Waals surface area contributed by atoms with E-state index in [-0.39, 0.29) is 18.1 Å². The first kappa shape index (κ1) is 21.6. The molecule has 150 valence electrons. The summed E-state index contributed by atoms with van der Waals surface area (Å²) < 4.78 is 29.4. The minimum atomic E-state index is -2.86. The van der Waals surface area contributed by atoms with Gasteiger partial charge in [-0.3, -0.25) is 4.79 Å². The summed E-state index contributed by atoms with van der Waals surface area (Å²) in [5, 5.41) is 5.34. The lowest BCUT2D eigenvalue weighted by Gasteiger charge is -2.18. The summed E-state index contributed by atoms with van der Waals surface area (Å²) in [6.45, 7) is -2.51. The van der Waals surface area contributed by atoms with Crippen LogP contribution in [0.4, 0.5) is 13.6 Å². The fraction of sp³-hybridized carbons (Fsp3) is 0.263. The Bertz CT molecular complexity index is 803. The van der Waals surface area contributed by atoms with Gasteiger partial charge in [0.15, 0.2) is 0 Å². The Morgan fingerprint density at radius 3 is 2.46 bits per heavy atom. The predicted molar refractivity (Wildman–Crippen MR) is 104 cm³/mol. The second-order valence-electron chi connectivity index (χ2n) is 5.94. The summed E-state index contributed by atoms with van der Waals surface area (Å²) in [5.41, 5.74) is 6.82. The summed E-state index contributed by atoms with van der Waals surface area (Å²) >= 11 is 3.35. The summed E-state index contributed by atoms with van der Waals surface area (Å²) in [7, 11) is 0. The van der Waals surface area contributed by atoms with Crippen molar-refractivity contribution in [2.45, 2.75) is 25.5 Å². The van der Waals surface area contributed by atoms with E-state index in [2.05, 4.69) is 31.3 Å². The van der Waals surface area contributed by atoms with Gasteiger partial charge in [0.2, 0.25) is 5.91 Å². The number of hydrogen-bond acceptors (Lipinski definition) is 3. The maximum Gasteiger partial charge on any atom is 0.387 e. The number of amides is 3. The number of urea groups is 1. The van der Waals surface area contributed by atoms with E-state index in [4.69, 9.17) is 5.73 Å². The van der Waals surface area contributed by atoms with Gasteiger partial charge >= 0.3 is 12.6 Å². The molecule has 0 radical (unpaired) electrons. The molecule has 3 amide bonds. The molecule has 0 fully saturated rings. The van der Waals surface area contributed by atoms with Crippen molar-refractivity contribution in [3.63, 3.8) is 0 Å². The molecule has 1 unspecified atom stereocenters. The number of carbonyl (C=O) groups excluding carboxylic acids is 2. The fourth-order valence-electron chi connectivity index (χ4n) is 2.59. The lowest BCUT2D eigenvalue weighted by atomic mass is 10.0. The summed E-state index contributed by atoms with van der Waals surface area (Å²) in [4.78, 5) is 23.5. The number of halogens is 3. The second-order valence-corrected chi connectivity index (χ2v) is 6.86. The van der Waals surface area contributed by atoms with E-state index in [1.54, 1.807) is 30.3 Å². The van der Waals surface area contributed by atoms with Crippen LogP contribution < -0.4 is 21.1 Å². The fourth-order valence-corrected chi connectivity index (χ4v) is 3.01. The van der Waals surface area contributed by atoms with E-state index in [1.165, 1.54) is 12.1 Å². The lowest BCUT2D eigenvalue weighted by Crippen LogP contribution is -2.37. The van der Waals surface area contributed by atoms with E-state index < -0.39 is 18.7 Å². The Morgan fingerprint density at radius 2 is 1.86 bits per heavy atom. The van der Waals surface area contributed by atoms with Crippen LogP contribution in [0, 0.1) is 0 Å². The minimum Gasteiger partial charge on any atom is -0.435 e. The van der Waals surface area contributed by atoms with Crippen LogP contribution in [0.1, 0.15) is 23.6 Å². The largest absolute Gasteiger partial charge is 0.435 e. The molecule has 0 aliphatic carbocycles. The minimum absolute atomic E-state index is 0.0283. The number of benzene rings is 2. The molecule has 0 aliphatic heterocycles. The number of carbonyl (C=O) groups is 2. The molecule has 0 aliphatic rings. The van der Waals surface area contributed by atoms with Crippen LogP contribution in [0.5, 0.6) is 5.75 Å². The number of alkyl halides is 2. The van der Waals surface area contributed by atoms with Crippen molar-refractivity contribution in [3.05, 3.63) is 64.1 Å². The standard InChI is InChI=1S/C19H20BrF2N3O3/c20-14-3-1-2-13(10-14)16(25-19(23)27)11-17(26)24-9-8-12-4-6-15(7-5-12)28-18(21)22/h1-7,10,16,18H,8-9,11H2,(H,24,26)(H3,23,25,27). The number of nitrogens with two attached hydrogens (primary N) is 1. The third kappa shape index (κ3) is 7.51. The SMILES string of the molecule is NC(=O)NC(CC(=O)NCCc1ccc(OC(F)F)cc1)c1cccc(Br)c1. The number of ether oxygens (including phenoxy) is 1. The van der Waals surface area contributed by atoms with E-state index in [9.17, 15) is 18.4 Å². The first-order valence-electron chi connectivity index (χ1n) is 8.45. The highest BCUT2D eigenvalue weighted by Gasteiger charge is 2.17. The third-order valence-electron chi connectivity index (χ3n) is 3.84. The van der Waals surface area contributed by atoms with Crippen molar-refractivity contribution in [1.29, 1.82) is 0 Å². The molecule has 28 heavy (non-hydrogen) atoms. The van der Waals surface area contributed by atoms with Crippen LogP contribution in [0.3, 0.4) is 0 Å². The van der Waals surface area contributed by atoms with Gasteiger partial charge in [0.05, 0.1) is 12.5 Å². The molecule has 0 saturated carbocycles. The van der Waals surface area contributed by atoms with Crippen LogP contribution in [0.25, 0.3) is 0 Å². The zero-order valence-electron chi connectivity index (χ0n) is 14.8. The molecule has 0 heterocycles. The van der Waals surface area contributed by atoms with Crippen LogP contribution in [-0.2, 0) is 11.2 Å². The molecule has 2 aromatic carbocycles. The molecule has 0 saturated heterocycles. The predicted octanol–water partition coefficient (Wildman–Crippen LogP) is 3.51. The molecule has 2 rings (SSSR count). The van der Waals surface area contributed by atoms with Gasteiger partial charge in [-0.1, -0.05) is 40.2 Å². The third-order valence-corrected chi connectivity index (χ3v) is 4.33. The van der Waals surface area contributed by atoms with Crippen molar-refractivity contribution in [2.24, 2.45) is 5.73 Å². The smallest absolute Gasteiger partial charge is 0.387 e. The molecule has 9 heteroatoms. The highest BCUT2D eigenvalue weighted by atomic mass is 79.9. The van der Waals surface area contributed by atoms with Crippen LogP contribution in [0.2, 0.25) is 0 Å². The van der Waals surface area contributed by atoms with Gasteiger partial charge in [0.25, 0.3) is 0 Å². The van der Waals surface area contributed by atoms with Gasteiger partial charge in [-0.2, -0.15) is 8.78 Å². The van der Waals surface area contributed by atoms with Gasteiger partial charge in [-0.15, -0.1) is 0 Å². The van der Waals surface area contributed by atoms with E-state index >= 15 is 0 Å². The average molecular weight is 456 g/mol. The second kappa shape index (κ2) is 10.6. The quantitative estimate of drug-likeness (QED) is 0.539. The van der Waals surface area contributed by atoms with Gasteiger partial charge in [-0.25, -0.2) is 4.79 Å². The van der Waals surface area contributed by atoms with E-state index in [1.807, 2.05) is 6.07 Å². The normalized spacial score (nSPS) is 11.7. The Kier molecular flexibility index (Phi) is 8.19. The van der Waals surface area contributed by atoms with Crippen LogP contribution in [-0.4, -0.2) is 25.1 Å². The number of primary amides is 1. The summed E-state index contributed by atoms with van der Waals surface area (Å²) in [6, 6.07) is 12.2. The average Bonchev–Trinajstić information content (AvgIpc) is 2.62. The lowest BCUT2D eigenvalue weighted by molar-refractivity contribution is -0.121. The monoisotopic (exact) mass is 455 g/mol. The topological polar surface area (TPSA) is 93.5 Å². The summed E-state index contributed by atoms with van der Waals surface area (Å²) in [5.74, 6) is -0.173. The Hall–Kier alpha value is -2.68. The molecular weight excluding hydrogens is 436 g/mol. The van der Waals surface area contributed by atoms with Gasteiger partial charge in [0.1, 0.15) is 5.75 Å². The highest BCUT2D eigenvalue weighted by molar-refractivity contribution is 9.10. The Labute approximate surface area is 169 Å². The number of hydrogen-bond donors (Lipinski definition) is 3. The van der Waals surface area contributed by atoms with E-state index in [0.717, 1.165) is 15.6 Å². The molecule has 2 aromatic rings. The van der Waals surface area contributed by atoms with Gasteiger partial charge in [-0.05, 0) is 41.8 Å². The Balaban J connectivity index is 1.86. The zero-order chi connectivity index (χ0) is 20.5.